The van der Waals surface area contributed by atoms with E-state index in [4.69, 9.17) is 0 Å². The Hall–Kier alpha value is -4.35. The molecular formula is C37H39N2O6S2+. The number of nitrogens with zero attached hydrogens (tertiary/aromatic N) is 2. The minimum Gasteiger partial charge on any atom is -0.367 e. The molecule has 0 saturated heterocycles. The van der Waals surface area contributed by atoms with Crippen LogP contribution in [0.25, 0.3) is 0 Å². The lowest BCUT2D eigenvalue weighted by Crippen LogP contribution is -2.23. The second-order valence-electron chi connectivity index (χ2n) is 11.4. The van der Waals surface area contributed by atoms with Gasteiger partial charge in [0.05, 0.1) is 9.79 Å². The van der Waals surface area contributed by atoms with Crippen molar-refractivity contribution >= 4 is 31.6 Å². The van der Waals surface area contributed by atoms with Crippen LogP contribution >= 0.6 is 0 Å². The number of anilines is 1. The van der Waals surface area contributed by atoms with Crippen molar-refractivity contribution in [3.8, 4) is 0 Å². The van der Waals surface area contributed by atoms with Crippen LogP contribution in [0.3, 0.4) is 0 Å². The molecule has 0 bridgehead atoms. The summed E-state index contributed by atoms with van der Waals surface area (Å²) in [7, 11) is -9.60. The topological polar surface area (TPSA) is 115 Å². The molecule has 10 heteroatoms. The molecule has 5 rings (SSSR count). The van der Waals surface area contributed by atoms with Gasteiger partial charge in [-0.15, -0.1) is 0 Å². The van der Waals surface area contributed by atoms with Crippen LogP contribution < -0.4 is 4.90 Å². The first kappa shape index (κ1) is 34.0. The van der Waals surface area contributed by atoms with E-state index in [-0.39, 0.29) is 11.5 Å². The highest BCUT2D eigenvalue weighted by atomic mass is 32.2. The van der Waals surface area contributed by atoms with Crippen molar-refractivity contribution in [2.24, 2.45) is 5.92 Å². The smallest absolute Gasteiger partial charge is 0.294 e. The summed E-state index contributed by atoms with van der Waals surface area (Å²) < 4.78 is 71.4. The second-order valence-corrected chi connectivity index (χ2v) is 14.3. The van der Waals surface area contributed by atoms with Gasteiger partial charge in [-0.05, 0) is 54.8 Å². The molecule has 0 amide bonds. The summed E-state index contributed by atoms with van der Waals surface area (Å²) in [6.45, 7) is 7.14. The molecule has 0 saturated carbocycles. The fourth-order valence-electron chi connectivity index (χ4n) is 6.01. The van der Waals surface area contributed by atoms with Crippen molar-refractivity contribution in [2.45, 2.75) is 42.6 Å². The zero-order valence-electron chi connectivity index (χ0n) is 26.3. The SMILES string of the molecule is CCN(Cc1ccccc1)c1ccc(C(c2ccc(S(=O)(=O)O)cc2S(=O)(=O)O)C2C=CC(=[N+](CC)Cc3ccccc3)C=C2)cc1. The Morgan fingerprint density at radius 2 is 1.34 bits per heavy atom. The third kappa shape index (κ3) is 8.33. The summed E-state index contributed by atoms with van der Waals surface area (Å²) in [5, 5.41) is 0. The van der Waals surface area contributed by atoms with E-state index < -0.39 is 35.9 Å². The Balaban J connectivity index is 1.57. The summed E-state index contributed by atoms with van der Waals surface area (Å²) in [6, 6.07) is 31.5. The standard InChI is InChI=1S/C37H38N2O6S2/c1-3-38(26-28-11-7-5-8-12-28)32-19-15-30(16-20-32)37(35-24-23-34(46(40,41)42)25-36(35)47(43,44)45)31-17-21-33(22-18-31)39(4-2)27-29-13-9-6-10-14-29/h5-25,30,37H,3-4,26-27H2,1-2H3,(H-,40,41,42,43,44,45)/p+1. The Morgan fingerprint density at radius 1 is 0.745 bits per heavy atom. The number of hydrogen-bond donors (Lipinski definition) is 2. The van der Waals surface area contributed by atoms with Crippen LogP contribution in [0.5, 0.6) is 0 Å². The molecule has 2 N–H and O–H groups in total. The van der Waals surface area contributed by atoms with Gasteiger partial charge in [-0.2, -0.15) is 16.8 Å². The van der Waals surface area contributed by atoms with E-state index in [1.807, 2.05) is 85.0 Å². The highest BCUT2D eigenvalue weighted by molar-refractivity contribution is 7.86. The molecule has 0 aliphatic heterocycles. The number of allylic oxidation sites excluding steroid dienone is 4. The van der Waals surface area contributed by atoms with Crippen molar-refractivity contribution in [1.82, 2.24) is 0 Å². The fourth-order valence-corrected chi connectivity index (χ4v) is 7.36. The molecule has 4 aromatic carbocycles. The molecule has 0 aromatic heterocycles. The highest BCUT2D eigenvalue weighted by Crippen LogP contribution is 2.40. The maximum atomic E-state index is 12.7. The minimum absolute atomic E-state index is 0.212. The van der Waals surface area contributed by atoms with Gasteiger partial charge >= 0.3 is 0 Å². The third-order valence-electron chi connectivity index (χ3n) is 8.44. The van der Waals surface area contributed by atoms with Gasteiger partial charge in [0.25, 0.3) is 20.2 Å². The van der Waals surface area contributed by atoms with Crippen LogP contribution in [0.4, 0.5) is 5.69 Å². The second kappa shape index (κ2) is 14.6. The van der Waals surface area contributed by atoms with E-state index in [0.717, 1.165) is 48.7 Å². The summed E-state index contributed by atoms with van der Waals surface area (Å²) in [5.74, 6) is -0.956. The first-order valence-corrected chi connectivity index (χ1v) is 18.4. The van der Waals surface area contributed by atoms with E-state index in [1.54, 1.807) is 0 Å². The molecule has 4 aromatic rings. The predicted molar refractivity (Wildman–Crippen MR) is 185 cm³/mol. The van der Waals surface area contributed by atoms with Crippen molar-refractivity contribution in [3.05, 3.63) is 150 Å². The maximum absolute atomic E-state index is 12.7. The van der Waals surface area contributed by atoms with Crippen molar-refractivity contribution in [3.63, 3.8) is 0 Å². The van der Waals surface area contributed by atoms with Crippen LogP contribution in [-0.2, 0) is 33.3 Å². The molecular weight excluding hydrogens is 633 g/mol. The van der Waals surface area contributed by atoms with Gasteiger partial charge in [0, 0.05) is 48.3 Å². The molecule has 0 heterocycles. The zero-order valence-corrected chi connectivity index (χ0v) is 28.0. The molecule has 47 heavy (non-hydrogen) atoms. The van der Waals surface area contributed by atoms with E-state index in [1.165, 1.54) is 17.2 Å². The van der Waals surface area contributed by atoms with Crippen LogP contribution in [0.1, 0.15) is 42.0 Å². The normalized spacial score (nSPS) is 15.4. The highest BCUT2D eigenvalue weighted by Gasteiger charge is 2.31. The molecule has 1 aliphatic carbocycles. The molecule has 8 nitrogen and oxygen atoms in total. The summed E-state index contributed by atoms with van der Waals surface area (Å²) >= 11 is 0. The van der Waals surface area contributed by atoms with Crippen LogP contribution in [-0.4, -0.2) is 49.3 Å². The third-order valence-corrected chi connectivity index (χ3v) is 10.2. The molecule has 244 valence electrons. The van der Waals surface area contributed by atoms with Gasteiger partial charge in [-0.1, -0.05) is 91.0 Å². The lowest BCUT2D eigenvalue weighted by molar-refractivity contribution is -0.539. The molecule has 1 aliphatic rings. The lowest BCUT2D eigenvalue weighted by Gasteiger charge is -2.28. The van der Waals surface area contributed by atoms with Crippen LogP contribution in [0.2, 0.25) is 0 Å². The van der Waals surface area contributed by atoms with E-state index in [9.17, 15) is 25.9 Å². The van der Waals surface area contributed by atoms with Crippen molar-refractivity contribution in [1.29, 1.82) is 0 Å². The number of rotatable bonds is 12. The number of benzene rings is 4. The Kier molecular flexibility index (Phi) is 10.6. The van der Waals surface area contributed by atoms with Gasteiger partial charge < -0.3 is 4.90 Å². The van der Waals surface area contributed by atoms with E-state index in [2.05, 4.69) is 47.6 Å². The van der Waals surface area contributed by atoms with Gasteiger partial charge in [0.1, 0.15) is 6.54 Å². The van der Waals surface area contributed by atoms with Gasteiger partial charge in [-0.3, -0.25) is 9.11 Å². The monoisotopic (exact) mass is 671 g/mol. The Bertz CT molecular complexity index is 1990. The molecule has 1 unspecified atom stereocenters. The average Bonchev–Trinajstić information content (AvgIpc) is 3.07. The minimum atomic E-state index is -4.88. The lowest BCUT2D eigenvalue weighted by atomic mass is 9.78. The molecule has 1 atom stereocenters. The Labute approximate surface area is 277 Å². The first-order chi connectivity index (χ1) is 22.5. The van der Waals surface area contributed by atoms with Crippen molar-refractivity contribution < 1.29 is 30.5 Å². The summed E-state index contributed by atoms with van der Waals surface area (Å²) in [4.78, 5) is 1.04. The maximum Gasteiger partial charge on any atom is 0.294 e. The zero-order chi connectivity index (χ0) is 33.6. The van der Waals surface area contributed by atoms with Crippen LogP contribution in [0.15, 0.2) is 137 Å². The van der Waals surface area contributed by atoms with Gasteiger partial charge in [0.2, 0.25) is 0 Å². The Morgan fingerprint density at radius 3 is 1.87 bits per heavy atom. The van der Waals surface area contributed by atoms with Gasteiger partial charge in [-0.25, -0.2) is 4.58 Å². The van der Waals surface area contributed by atoms with Crippen LogP contribution in [0, 0.1) is 5.92 Å². The fraction of sp³-hybridized carbons (Fsp3) is 0.216. The first-order valence-electron chi connectivity index (χ1n) is 15.5. The van der Waals surface area contributed by atoms with E-state index in [0.29, 0.717) is 6.54 Å². The molecule has 0 radical (unpaired) electrons. The largest absolute Gasteiger partial charge is 0.367 e. The predicted octanol–water partition coefficient (Wildman–Crippen LogP) is 6.75. The average molecular weight is 672 g/mol. The summed E-state index contributed by atoms with van der Waals surface area (Å²) in [5.41, 5.74) is 5.32. The number of hydrogen-bond acceptors (Lipinski definition) is 5. The van der Waals surface area contributed by atoms with Crippen molar-refractivity contribution in [2.75, 3.05) is 18.0 Å². The molecule has 0 spiro atoms. The quantitative estimate of drug-likeness (QED) is 0.126. The summed E-state index contributed by atoms with van der Waals surface area (Å²) in [6.07, 6.45) is 8.02. The van der Waals surface area contributed by atoms with E-state index >= 15 is 0 Å². The van der Waals surface area contributed by atoms with Gasteiger partial charge in [0.15, 0.2) is 12.3 Å². The molecule has 0 fully saturated rings.